The number of hydrogen-bond acceptors (Lipinski definition) is 3. The average Bonchev–Trinajstić information content (AvgIpc) is 2.29. The molecule has 3 nitrogen and oxygen atoms in total. The summed E-state index contributed by atoms with van der Waals surface area (Å²) in [4.78, 5) is 11.8. The van der Waals surface area contributed by atoms with Crippen molar-refractivity contribution in [3.05, 3.63) is 12.7 Å². The monoisotopic (exact) mass is 242 g/mol. The lowest BCUT2D eigenvalue weighted by Crippen LogP contribution is -2.37. The molecule has 1 aliphatic rings. The van der Waals surface area contributed by atoms with E-state index in [0.29, 0.717) is 6.04 Å². The van der Waals surface area contributed by atoms with Crippen LogP contribution in [-0.4, -0.2) is 30.0 Å². The lowest BCUT2D eigenvalue weighted by Gasteiger charge is -2.25. The molecule has 0 aromatic heterocycles. The van der Waals surface area contributed by atoms with Gasteiger partial charge < -0.3 is 11.1 Å². The summed E-state index contributed by atoms with van der Waals surface area (Å²) in [6.07, 6.45) is 5.77. The van der Waals surface area contributed by atoms with Gasteiger partial charge in [0.25, 0.3) is 0 Å². The number of carbonyl (C=O) groups is 1. The van der Waals surface area contributed by atoms with Gasteiger partial charge in [-0.25, -0.2) is 0 Å². The van der Waals surface area contributed by atoms with Crippen LogP contribution in [0.5, 0.6) is 0 Å². The summed E-state index contributed by atoms with van der Waals surface area (Å²) < 4.78 is 0. The van der Waals surface area contributed by atoms with Crippen molar-refractivity contribution in [2.45, 2.75) is 31.7 Å². The van der Waals surface area contributed by atoms with Crippen LogP contribution in [0, 0.1) is 5.92 Å². The molecular formula is C12H22N2OS. The van der Waals surface area contributed by atoms with Crippen LogP contribution in [0.4, 0.5) is 0 Å². The van der Waals surface area contributed by atoms with Gasteiger partial charge in [-0.05, 0) is 25.7 Å². The Labute approximate surface area is 102 Å². The number of amides is 1. The number of hydrogen-bond donors (Lipinski definition) is 2. The third-order valence-electron chi connectivity index (χ3n) is 2.92. The lowest BCUT2D eigenvalue weighted by molar-refractivity contribution is -0.125. The summed E-state index contributed by atoms with van der Waals surface area (Å²) in [6.45, 7) is 4.42. The van der Waals surface area contributed by atoms with Crippen LogP contribution < -0.4 is 11.1 Å². The SMILES string of the molecule is C=CCSCCNC(=O)C1CCC(N)CC1. The second-order valence-corrected chi connectivity index (χ2v) is 5.42. The molecule has 0 aliphatic heterocycles. The van der Waals surface area contributed by atoms with Crippen molar-refractivity contribution in [2.24, 2.45) is 11.7 Å². The first-order valence-corrected chi connectivity index (χ1v) is 7.11. The van der Waals surface area contributed by atoms with Gasteiger partial charge in [0.15, 0.2) is 0 Å². The van der Waals surface area contributed by atoms with Gasteiger partial charge in [-0.1, -0.05) is 6.08 Å². The van der Waals surface area contributed by atoms with Crippen LogP contribution in [0.15, 0.2) is 12.7 Å². The minimum Gasteiger partial charge on any atom is -0.355 e. The first kappa shape index (κ1) is 13.6. The molecule has 92 valence electrons. The van der Waals surface area contributed by atoms with Gasteiger partial charge in [-0.15, -0.1) is 6.58 Å². The van der Waals surface area contributed by atoms with Crippen molar-refractivity contribution < 1.29 is 4.79 Å². The van der Waals surface area contributed by atoms with Crippen LogP contribution in [0.3, 0.4) is 0 Å². The summed E-state index contributed by atoms with van der Waals surface area (Å²) in [6, 6.07) is 0.312. The molecule has 1 aliphatic carbocycles. The first-order chi connectivity index (χ1) is 7.74. The molecule has 0 unspecified atom stereocenters. The smallest absolute Gasteiger partial charge is 0.223 e. The molecule has 0 aromatic carbocycles. The predicted molar refractivity (Wildman–Crippen MR) is 70.5 cm³/mol. The van der Waals surface area contributed by atoms with Crippen LogP contribution >= 0.6 is 11.8 Å². The van der Waals surface area contributed by atoms with Crippen LogP contribution in [0.1, 0.15) is 25.7 Å². The largest absolute Gasteiger partial charge is 0.355 e. The third-order valence-corrected chi connectivity index (χ3v) is 3.89. The highest BCUT2D eigenvalue weighted by Crippen LogP contribution is 2.23. The fourth-order valence-electron chi connectivity index (χ4n) is 1.94. The molecule has 1 rings (SSSR count). The van der Waals surface area contributed by atoms with Crippen molar-refractivity contribution >= 4 is 17.7 Å². The minimum absolute atomic E-state index is 0.198. The summed E-state index contributed by atoms with van der Waals surface area (Å²) in [5.41, 5.74) is 5.81. The van der Waals surface area contributed by atoms with E-state index >= 15 is 0 Å². The van der Waals surface area contributed by atoms with Gasteiger partial charge in [0.1, 0.15) is 0 Å². The van der Waals surface area contributed by atoms with E-state index in [4.69, 9.17) is 5.73 Å². The number of carbonyl (C=O) groups excluding carboxylic acids is 1. The van der Waals surface area contributed by atoms with E-state index in [9.17, 15) is 4.79 Å². The Balaban J connectivity index is 2.08. The Morgan fingerprint density at radius 1 is 1.44 bits per heavy atom. The van der Waals surface area contributed by atoms with Gasteiger partial charge >= 0.3 is 0 Å². The highest BCUT2D eigenvalue weighted by Gasteiger charge is 2.23. The topological polar surface area (TPSA) is 55.1 Å². The molecule has 1 amide bonds. The van der Waals surface area contributed by atoms with Gasteiger partial charge in [-0.2, -0.15) is 11.8 Å². The predicted octanol–water partition coefficient (Wildman–Crippen LogP) is 1.54. The molecule has 0 atom stereocenters. The number of rotatable bonds is 6. The fourth-order valence-corrected chi connectivity index (χ4v) is 2.52. The highest BCUT2D eigenvalue weighted by molar-refractivity contribution is 7.99. The zero-order valence-corrected chi connectivity index (χ0v) is 10.6. The zero-order chi connectivity index (χ0) is 11.8. The maximum Gasteiger partial charge on any atom is 0.223 e. The Bertz CT molecular complexity index is 225. The highest BCUT2D eigenvalue weighted by atomic mass is 32.2. The van der Waals surface area contributed by atoms with Gasteiger partial charge in [-0.3, -0.25) is 4.79 Å². The summed E-state index contributed by atoms with van der Waals surface area (Å²) in [5.74, 6) is 2.33. The molecule has 1 saturated carbocycles. The maximum absolute atomic E-state index is 11.8. The second kappa shape index (κ2) is 7.74. The van der Waals surface area contributed by atoms with Crippen molar-refractivity contribution in [3.63, 3.8) is 0 Å². The molecule has 0 spiro atoms. The Morgan fingerprint density at radius 3 is 2.75 bits per heavy atom. The molecule has 16 heavy (non-hydrogen) atoms. The van der Waals surface area contributed by atoms with E-state index in [0.717, 1.165) is 43.7 Å². The number of nitrogens with one attached hydrogen (secondary N) is 1. The molecule has 0 saturated heterocycles. The molecule has 0 heterocycles. The molecule has 3 N–H and O–H groups in total. The van der Waals surface area contributed by atoms with E-state index in [1.165, 1.54) is 0 Å². The lowest BCUT2D eigenvalue weighted by atomic mass is 9.86. The van der Waals surface area contributed by atoms with Crippen LogP contribution in [0.25, 0.3) is 0 Å². The molecule has 1 fully saturated rings. The van der Waals surface area contributed by atoms with E-state index < -0.39 is 0 Å². The maximum atomic E-state index is 11.8. The Hall–Kier alpha value is -0.480. The number of nitrogens with two attached hydrogens (primary N) is 1. The number of thioether (sulfide) groups is 1. The molecule has 0 bridgehead atoms. The third kappa shape index (κ3) is 5.03. The second-order valence-electron chi connectivity index (χ2n) is 4.27. The average molecular weight is 242 g/mol. The van der Waals surface area contributed by atoms with Crippen molar-refractivity contribution in [1.29, 1.82) is 0 Å². The summed E-state index contributed by atoms with van der Waals surface area (Å²) in [7, 11) is 0. The van der Waals surface area contributed by atoms with Crippen LogP contribution in [-0.2, 0) is 4.79 Å². The molecule has 4 heteroatoms. The first-order valence-electron chi connectivity index (χ1n) is 5.96. The normalized spacial score (nSPS) is 25.1. The fraction of sp³-hybridized carbons (Fsp3) is 0.750. The zero-order valence-electron chi connectivity index (χ0n) is 9.78. The summed E-state index contributed by atoms with van der Waals surface area (Å²) in [5, 5.41) is 2.99. The summed E-state index contributed by atoms with van der Waals surface area (Å²) >= 11 is 1.79. The van der Waals surface area contributed by atoms with Crippen molar-refractivity contribution in [1.82, 2.24) is 5.32 Å². The van der Waals surface area contributed by atoms with Crippen LogP contribution in [0.2, 0.25) is 0 Å². The van der Waals surface area contributed by atoms with E-state index in [1.54, 1.807) is 11.8 Å². The van der Waals surface area contributed by atoms with Crippen molar-refractivity contribution in [2.75, 3.05) is 18.1 Å². The van der Waals surface area contributed by atoms with E-state index in [2.05, 4.69) is 11.9 Å². The standard InChI is InChI=1S/C12H22N2OS/c1-2-8-16-9-7-14-12(15)10-3-5-11(13)6-4-10/h2,10-11H,1,3-9,13H2,(H,14,15). The van der Waals surface area contributed by atoms with Gasteiger partial charge in [0, 0.05) is 30.0 Å². The Morgan fingerprint density at radius 2 is 2.12 bits per heavy atom. The van der Waals surface area contributed by atoms with E-state index in [1.807, 2.05) is 6.08 Å². The molecule has 0 aromatic rings. The van der Waals surface area contributed by atoms with Gasteiger partial charge in [0.2, 0.25) is 5.91 Å². The Kier molecular flexibility index (Phi) is 6.57. The van der Waals surface area contributed by atoms with E-state index in [-0.39, 0.29) is 11.8 Å². The van der Waals surface area contributed by atoms with Gasteiger partial charge in [0.05, 0.1) is 0 Å². The van der Waals surface area contributed by atoms with Crippen molar-refractivity contribution in [3.8, 4) is 0 Å². The molecular weight excluding hydrogens is 220 g/mol. The molecule has 0 radical (unpaired) electrons. The minimum atomic E-state index is 0.198. The quantitative estimate of drug-likeness (QED) is 0.549.